The fourth-order valence-corrected chi connectivity index (χ4v) is 2.06. The number of aryl methyl sites for hydroxylation is 1. The minimum absolute atomic E-state index is 0.148. The highest BCUT2D eigenvalue weighted by Crippen LogP contribution is 2.06. The Bertz CT molecular complexity index is 420. The molecule has 1 amide bonds. The zero-order valence-corrected chi connectivity index (χ0v) is 10.6. The lowest BCUT2D eigenvalue weighted by Crippen LogP contribution is -2.47. The van der Waals surface area contributed by atoms with E-state index >= 15 is 0 Å². The number of hydrogen-bond donors (Lipinski definition) is 0. The van der Waals surface area contributed by atoms with Crippen molar-refractivity contribution in [2.24, 2.45) is 0 Å². The first-order valence-corrected chi connectivity index (χ1v) is 6.20. The van der Waals surface area contributed by atoms with E-state index in [4.69, 9.17) is 0 Å². The van der Waals surface area contributed by atoms with Crippen molar-refractivity contribution >= 4 is 12.2 Å². The molecule has 2 rings (SSSR count). The third kappa shape index (κ3) is 3.17. The van der Waals surface area contributed by atoms with Gasteiger partial charge in [-0.2, -0.15) is 0 Å². The molecule has 18 heavy (non-hydrogen) atoms. The minimum Gasteiger partial charge on any atom is -0.343 e. The Labute approximate surface area is 107 Å². The number of nitrogens with zero attached hydrogens (tertiary/aromatic N) is 2. The zero-order valence-electron chi connectivity index (χ0n) is 10.6. The average Bonchev–Trinajstić information content (AvgIpc) is 2.40. The van der Waals surface area contributed by atoms with Crippen LogP contribution in [0.1, 0.15) is 15.9 Å². The second kappa shape index (κ2) is 5.78. The van der Waals surface area contributed by atoms with Crippen molar-refractivity contribution in [3.05, 3.63) is 35.4 Å². The molecule has 1 aromatic carbocycles. The summed E-state index contributed by atoms with van der Waals surface area (Å²) in [5.74, 6) is 0.148. The Morgan fingerprint density at radius 3 is 2.33 bits per heavy atom. The lowest BCUT2D eigenvalue weighted by Gasteiger charge is -2.31. The van der Waals surface area contributed by atoms with Gasteiger partial charge in [-0.05, 0) is 6.92 Å². The molecule has 0 unspecified atom stereocenters. The topological polar surface area (TPSA) is 40.6 Å². The van der Waals surface area contributed by atoms with Crippen molar-refractivity contribution in [3.63, 3.8) is 0 Å². The number of amides is 1. The highest BCUT2D eigenvalue weighted by atomic mass is 16.1. The molecular weight excluding hydrogens is 228 g/mol. The first-order chi connectivity index (χ1) is 8.69. The molecule has 0 aromatic heterocycles. The van der Waals surface area contributed by atoms with E-state index in [0.29, 0.717) is 19.6 Å². The molecule has 0 saturated carbocycles. The predicted octanol–water partition coefficient (Wildman–Crippen LogP) is 0.952. The van der Waals surface area contributed by atoms with Crippen molar-refractivity contribution in [1.82, 2.24) is 9.80 Å². The SMILES string of the molecule is Cc1ccc(C(=O)CN2CCN(C=O)CC2)cc1. The average molecular weight is 246 g/mol. The van der Waals surface area contributed by atoms with E-state index in [-0.39, 0.29) is 5.78 Å². The van der Waals surface area contributed by atoms with Crippen molar-refractivity contribution in [3.8, 4) is 0 Å². The number of piperazine rings is 1. The molecule has 96 valence electrons. The fourth-order valence-electron chi connectivity index (χ4n) is 2.06. The monoisotopic (exact) mass is 246 g/mol. The van der Waals surface area contributed by atoms with Crippen molar-refractivity contribution in [1.29, 1.82) is 0 Å². The van der Waals surface area contributed by atoms with E-state index in [1.807, 2.05) is 31.2 Å². The van der Waals surface area contributed by atoms with Gasteiger partial charge in [0.05, 0.1) is 6.54 Å². The third-order valence-corrected chi connectivity index (χ3v) is 3.30. The number of carbonyl (C=O) groups is 2. The van der Waals surface area contributed by atoms with Gasteiger partial charge >= 0.3 is 0 Å². The Balaban J connectivity index is 1.88. The van der Waals surface area contributed by atoms with Crippen LogP contribution in [0.2, 0.25) is 0 Å². The minimum atomic E-state index is 0.148. The lowest BCUT2D eigenvalue weighted by atomic mass is 10.1. The molecule has 1 saturated heterocycles. The second-order valence-electron chi connectivity index (χ2n) is 4.71. The molecule has 1 fully saturated rings. The number of Topliss-reactive ketones (excluding diaryl/α,β-unsaturated/α-hetero) is 1. The summed E-state index contributed by atoms with van der Waals surface area (Å²) in [4.78, 5) is 26.5. The second-order valence-corrected chi connectivity index (χ2v) is 4.71. The van der Waals surface area contributed by atoms with Gasteiger partial charge in [-0.15, -0.1) is 0 Å². The zero-order chi connectivity index (χ0) is 13.0. The number of carbonyl (C=O) groups excluding carboxylic acids is 2. The summed E-state index contributed by atoms with van der Waals surface area (Å²) in [6, 6.07) is 7.66. The molecule has 4 nitrogen and oxygen atoms in total. The summed E-state index contributed by atoms with van der Waals surface area (Å²) in [5.41, 5.74) is 1.92. The maximum Gasteiger partial charge on any atom is 0.209 e. The van der Waals surface area contributed by atoms with Crippen molar-refractivity contribution in [2.45, 2.75) is 6.92 Å². The summed E-state index contributed by atoms with van der Waals surface area (Å²) in [7, 11) is 0. The Kier molecular flexibility index (Phi) is 4.10. The van der Waals surface area contributed by atoms with Crippen LogP contribution in [0.25, 0.3) is 0 Å². The molecule has 0 aliphatic carbocycles. The maximum absolute atomic E-state index is 12.1. The van der Waals surface area contributed by atoms with Gasteiger partial charge in [0.1, 0.15) is 0 Å². The maximum atomic E-state index is 12.1. The normalized spacial score (nSPS) is 16.6. The van der Waals surface area contributed by atoms with Crippen molar-refractivity contribution < 1.29 is 9.59 Å². The summed E-state index contributed by atoms with van der Waals surface area (Å²) in [6.45, 7) is 5.42. The molecular formula is C14H18N2O2. The molecule has 0 N–H and O–H groups in total. The van der Waals surface area contributed by atoms with Gasteiger partial charge in [0.2, 0.25) is 6.41 Å². The van der Waals surface area contributed by atoms with Crippen LogP contribution in [-0.2, 0) is 4.79 Å². The van der Waals surface area contributed by atoms with E-state index in [1.54, 1.807) is 4.90 Å². The van der Waals surface area contributed by atoms with Crippen LogP contribution in [0.4, 0.5) is 0 Å². The summed E-state index contributed by atoms with van der Waals surface area (Å²) in [6.07, 6.45) is 0.874. The molecule has 0 atom stereocenters. The number of ketones is 1. The number of hydrogen-bond acceptors (Lipinski definition) is 3. The van der Waals surface area contributed by atoms with E-state index in [2.05, 4.69) is 4.90 Å². The largest absolute Gasteiger partial charge is 0.343 e. The van der Waals surface area contributed by atoms with E-state index in [9.17, 15) is 9.59 Å². The Morgan fingerprint density at radius 2 is 1.78 bits per heavy atom. The van der Waals surface area contributed by atoms with Crippen molar-refractivity contribution in [2.75, 3.05) is 32.7 Å². The van der Waals surface area contributed by atoms with E-state index < -0.39 is 0 Å². The van der Waals surface area contributed by atoms with Gasteiger partial charge in [0.25, 0.3) is 0 Å². The van der Waals surface area contributed by atoms with Crippen LogP contribution in [0.3, 0.4) is 0 Å². The first-order valence-electron chi connectivity index (χ1n) is 6.20. The molecule has 1 aliphatic rings. The standard InChI is InChI=1S/C14H18N2O2/c1-12-2-4-13(5-3-12)14(18)10-15-6-8-16(11-17)9-7-15/h2-5,11H,6-10H2,1H3. The lowest BCUT2D eigenvalue weighted by molar-refractivity contribution is -0.119. The summed E-state index contributed by atoms with van der Waals surface area (Å²) < 4.78 is 0. The van der Waals surface area contributed by atoms with Crippen LogP contribution < -0.4 is 0 Å². The molecule has 0 spiro atoms. The third-order valence-electron chi connectivity index (χ3n) is 3.30. The van der Waals surface area contributed by atoms with Gasteiger partial charge in [0, 0.05) is 31.7 Å². The highest BCUT2D eigenvalue weighted by molar-refractivity contribution is 5.97. The van der Waals surface area contributed by atoms with Gasteiger partial charge in [-0.25, -0.2) is 0 Å². The summed E-state index contributed by atoms with van der Waals surface area (Å²) in [5, 5.41) is 0. The predicted molar refractivity (Wildman–Crippen MR) is 69.6 cm³/mol. The molecule has 1 aliphatic heterocycles. The first kappa shape index (κ1) is 12.8. The van der Waals surface area contributed by atoms with Crippen LogP contribution >= 0.6 is 0 Å². The Hall–Kier alpha value is -1.68. The van der Waals surface area contributed by atoms with Gasteiger partial charge in [0.15, 0.2) is 5.78 Å². The molecule has 0 bridgehead atoms. The summed E-state index contributed by atoms with van der Waals surface area (Å²) >= 11 is 0. The number of rotatable bonds is 4. The van der Waals surface area contributed by atoms with E-state index in [1.165, 1.54) is 0 Å². The molecule has 1 aromatic rings. The van der Waals surface area contributed by atoms with Gasteiger partial charge in [-0.1, -0.05) is 29.8 Å². The van der Waals surface area contributed by atoms with Crippen LogP contribution in [0.5, 0.6) is 0 Å². The molecule has 4 heteroatoms. The molecule has 0 radical (unpaired) electrons. The number of benzene rings is 1. The quantitative estimate of drug-likeness (QED) is 0.586. The van der Waals surface area contributed by atoms with Crippen LogP contribution in [0, 0.1) is 6.92 Å². The highest BCUT2D eigenvalue weighted by Gasteiger charge is 2.18. The van der Waals surface area contributed by atoms with Crippen LogP contribution in [0.15, 0.2) is 24.3 Å². The Morgan fingerprint density at radius 1 is 1.17 bits per heavy atom. The van der Waals surface area contributed by atoms with Gasteiger partial charge < -0.3 is 4.90 Å². The molecule has 1 heterocycles. The van der Waals surface area contributed by atoms with Gasteiger partial charge in [-0.3, -0.25) is 14.5 Å². The van der Waals surface area contributed by atoms with Crippen LogP contribution in [-0.4, -0.2) is 54.7 Å². The smallest absolute Gasteiger partial charge is 0.209 e. The fraction of sp³-hybridized carbons (Fsp3) is 0.429. The van der Waals surface area contributed by atoms with E-state index in [0.717, 1.165) is 30.6 Å².